The molecule has 0 unspecified atom stereocenters. The van der Waals surface area contributed by atoms with Gasteiger partial charge in [-0.15, -0.1) is 0 Å². The van der Waals surface area contributed by atoms with Crippen molar-refractivity contribution >= 4 is 35.1 Å². The molecule has 2 nitrogen and oxygen atoms in total. The van der Waals surface area contributed by atoms with Gasteiger partial charge in [0.1, 0.15) is 5.84 Å². The van der Waals surface area contributed by atoms with Gasteiger partial charge in [0.25, 0.3) is 0 Å². The Morgan fingerprint density at radius 1 is 1.00 bits per heavy atom. The van der Waals surface area contributed by atoms with Crippen LogP contribution in [0.5, 0.6) is 0 Å². The summed E-state index contributed by atoms with van der Waals surface area (Å²) in [5.74, 6) is 0.344. The first kappa shape index (κ1) is 13.7. The number of halogens is 2. The molecule has 4 heteroatoms. The number of hydrogen-bond donors (Lipinski definition) is 2. The topological polar surface area (TPSA) is 35.9 Å². The van der Waals surface area contributed by atoms with E-state index in [1.54, 1.807) is 18.3 Å². The molecule has 0 fully saturated rings. The third-order valence-corrected chi connectivity index (χ3v) is 3.25. The van der Waals surface area contributed by atoms with Gasteiger partial charge in [-0.1, -0.05) is 59.6 Å². The third kappa shape index (κ3) is 3.85. The SMILES string of the molecule is N=C(N/C=C/c1ccc(Cl)c(Cl)c1)c1ccccc1. The van der Waals surface area contributed by atoms with E-state index in [0.717, 1.165) is 11.1 Å². The Kier molecular flexibility index (Phi) is 4.61. The molecule has 0 bridgehead atoms. The predicted octanol–water partition coefficient (Wildman–Crippen LogP) is 4.58. The van der Waals surface area contributed by atoms with Gasteiger partial charge in [0.2, 0.25) is 0 Å². The second-order valence-electron chi connectivity index (χ2n) is 3.89. The number of nitrogens with one attached hydrogen (secondary N) is 2. The van der Waals surface area contributed by atoms with Crippen LogP contribution >= 0.6 is 23.2 Å². The molecule has 96 valence electrons. The molecule has 0 spiro atoms. The fraction of sp³-hybridized carbons (Fsp3) is 0. The molecule has 0 aliphatic heterocycles. The third-order valence-electron chi connectivity index (χ3n) is 2.51. The first-order valence-electron chi connectivity index (χ1n) is 5.69. The van der Waals surface area contributed by atoms with Crippen LogP contribution in [-0.2, 0) is 0 Å². The quantitative estimate of drug-likeness (QED) is 0.630. The van der Waals surface area contributed by atoms with Crippen molar-refractivity contribution in [3.05, 3.63) is 75.9 Å². The molecular formula is C15H12Cl2N2. The Balaban J connectivity index is 2.00. The van der Waals surface area contributed by atoms with Crippen molar-refractivity contribution in [3.63, 3.8) is 0 Å². The zero-order valence-corrected chi connectivity index (χ0v) is 11.5. The van der Waals surface area contributed by atoms with E-state index in [9.17, 15) is 0 Å². The van der Waals surface area contributed by atoms with Gasteiger partial charge in [-0.3, -0.25) is 5.41 Å². The van der Waals surface area contributed by atoms with Gasteiger partial charge in [-0.2, -0.15) is 0 Å². The fourth-order valence-electron chi connectivity index (χ4n) is 1.53. The summed E-state index contributed by atoms with van der Waals surface area (Å²) in [4.78, 5) is 0. The van der Waals surface area contributed by atoms with E-state index in [0.29, 0.717) is 15.9 Å². The average molecular weight is 291 g/mol. The van der Waals surface area contributed by atoms with Crippen LogP contribution in [0.2, 0.25) is 10.0 Å². The normalized spacial score (nSPS) is 10.6. The van der Waals surface area contributed by atoms with Crippen LogP contribution in [0.25, 0.3) is 6.08 Å². The van der Waals surface area contributed by atoms with Gasteiger partial charge in [-0.25, -0.2) is 0 Å². The number of amidine groups is 1. The van der Waals surface area contributed by atoms with E-state index in [4.69, 9.17) is 28.6 Å². The molecule has 0 aromatic heterocycles. The fourth-order valence-corrected chi connectivity index (χ4v) is 1.83. The van der Waals surface area contributed by atoms with Gasteiger partial charge in [0.15, 0.2) is 0 Å². The summed E-state index contributed by atoms with van der Waals surface area (Å²) in [6.45, 7) is 0. The van der Waals surface area contributed by atoms with Crippen molar-refractivity contribution < 1.29 is 0 Å². The first-order valence-corrected chi connectivity index (χ1v) is 6.44. The van der Waals surface area contributed by atoms with Gasteiger partial charge in [-0.05, 0) is 23.8 Å². The molecule has 0 aliphatic rings. The van der Waals surface area contributed by atoms with E-state index >= 15 is 0 Å². The molecule has 0 saturated carbocycles. The zero-order chi connectivity index (χ0) is 13.7. The van der Waals surface area contributed by atoms with E-state index in [2.05, 4.69) is 5.32 Å². The Bertz CT molecular complexity index is 607. The van der Waals surface area contributed by atoms with Crippen LogP contribution in [0.15, 0.2) is 54.7 Å². The monoisotopic (exact) mass is 290 g/mol. The van der Waals surface area contributed by atoms with Gasteiger partial charge in [0.05, 0.1) is 10.0 Å². The molecule has 0 heterocycles. The van der Waals surface area contributed by atoms with Crippen LogP contribution in [-0.4, -0.2) is 5.84 Å². The summed E-state index contributed by atoms with van der Waals surface area (Å²) in [5, 5.41) is 11.8. The molecule has 2 aromatic rings. The van der Waals surface area contributed by atoms with E-state index < -0.39 is 0 Å². The molecule has 19 heavy (non-hydrogen) atoms. The largest absolute Gasteiger partial charge is 0.347 e. The van der Waals surface area contributed by atoms with Gasteiger partial charge >= 0.3 is 0 Å². The van der Waals surface area contributed by atoms with Gasteiger partial charge in [0, 0.05) is 11.8 Å². The van der Waals surface area contributed by atoms with E-state index in [1.165, 1.54) is 0 Å². The Morgan fingerprint density at radius 2 is 1.74 bits per heavy atom. The molecule has 0 saturated heterocycles. The minimum absolute atomic E-state index is 0.344. The summed E-state index contributed by atoms with van der Waals surface area (Å²) in [5.41, 5.74) is 1.75. The second kappa shape index (κ2) is 6.41. The highest BCUT2D eigenvalue weighted by atomic mass is 35.5. The van der Waals surface area contributed by atoms with Crippen molar-refractivity contribution in [2.45, 2.75) is 0 Å². The molecular weight excluding hydrogens is 279 g/mol. The van der Waals surface area contributed by atoms with Gasteiger partial charge < -0.3 is 5.32 Å². The zero-order valence-electron chi connectivity index (χ0n) is 10.0. The minimum Gasteiger partial charge on any atom is -0.347 e. The molecule has 0 aliphatic carbocycles. The lowest BCUT2D eigenvalue weighted by molar-refractivity contribution is 1.23. The number of hydrogen-bond acceptors (Lipinski definition) is 1. The second-order valence-corrected chi connectivity index (χ2v) is 4.71. The number of rotatable bonds is 3. The molecule has 2 rings (SSSR count). The van der Waals surface area contributed by atoms with E-state index in [1.807, 2.05) is 42.5 Å². The van der Waals surface area contributed by atoms with Crippen LogP contribution in [0.4, 0.5) is 0 Å². The van der Waals surface area contributed by atoms with Crippen molar-refractivity contribution in [2.24, 2.45) is 0 Å². The van der Waals surface area contributed by atoms with Crippen LogP contribution in [0.3, 0.4) is 0 Å². The average Bonchev–Trinajstić information content (AvgIpc) is 2.43. The van der Waals surface area contributed by atoms with Crippen LogP contribution in [0.1, 0.15) is 11.1 Å². The lowest BCUT2D eigenvalue weighted by atomic mass is 10.2. The highest BCUT2D eigenvalue weighted by Crippen LogP contribution is 2.22. The summed E-state index contributed by atoms with van der Waals surface area (Å²) >= 11 is 11.8. The number of benzene rings is 2. The van der Waals surface area contributed by atoms with E-state index in [-0.39, 0.29) is 0 Å². The van der Waals surface area contributed by atoms with Crippen molar-refractivity contribution in [2.75, 3.05) is 0 Å². The Morgan fingerprint density at radius 3 is 2.42 bits per heavy atom. The standard InChI is InChI=1S/C15H12Cl2N2/c16-13-7-6-11(10-14(13)17)8-9-19-15(18)12-4-2-1-3-5-12/h1-10H,(H2,18,19)/b9-8+. The predicted molar refractivity (Wildman–Crippen MR) is 81.9 cm³/mol. The van der Waals surface area contributed by atoms with Crippen LogP contribution in [0, 0.1) is 5.41 Å². The molecule has 0 amide bonds. The summed E-state index contributed by atoms with van der Waals surface area (Å²) in [6, 6.07) is 14.8. The highest BCUT2D eigenvalue weighted by Gasteiger charge is 1.98. The lowest BCUT2D eigenvalue weighted by Crippen LogP contribution is -2.16. The molecule has 2 aromatic carbocycles. The van der Waals surface area contributed by atoms with Crippen molar-refractivity contribution in [1.82, 2.24) is 5.32 Å². The maximum atomic E-state index is 7.86. The Labute approximate surface area is 122 Å². The lowest BCUT2D eigenvalue weighted by Gasteiger charge is -2.03. The maximum Gasteiger partial charge on any atom is 0.129 e. The minimum atomic E-state index is 0.344. The smallest absolute Gasteiger partial charge is 0.129 e. The summed E-state index contributed by atoms with van der Waals surface area (Å²) in [6.07, 6.45) is 3.54. The maximum absolute atomic E-state index is 7.86. The van der Waals surface area contributed by atoms with Crippen molar-refractivity contribution in [3.8, 4) is 0 Å². The summed E-state index contributed by atoms with van der Waals surface area (Å²) in [7, 11) is 0. The van der Waals surface area contributed by atoms with Crippen LogP contribution < -0.4 is 5.32 Å². The molecule has 0 radical (unpaired) electrons. The first-order chi connectivity index (χ1) is 9.16. The summed E-state index contributed by atoms with van der Waals surface area (Å²) < 4.78 is 0. The highest BCUT2D eigenvalue weighted by molar-refractivity contribution is 6.42. The molecule has 0 atom stereocenters. The van der Waals surface area contributed by atoms with Crippen molar-refractivity contribution in [1.29, 1.82) is 5.41 Å². The Hall–Kier alpha value is -1.77. The molecule has 2 N–H and O–H groups in total.